The van der Waals surface area contributed by atoms with Crippen LogP contribution in [0, 0.1) is 0 Å². The van der Waals surface area contributed by atoms with E-state index in [9.17, 15) is 0 Å². The number of halogens is 1. The van der Waals surface area contributed by atoms with Crippen LogP contribution in [0.15, 0.2) is 38.9 Å². The van der Waals surface area contributed by atoms with Crippen molar-refractivity contribution in [3.05, 3.63) is 34.4 Å². The zero-order valence-electron chi connectivity index (χ0n) is 12.5. The maximum absolute atomic E-state index is 6.02. The lowest BCUT2D eigenvalue weighted by Crippen LogP contribution is -2.36. The van der Waals surface area contributed by atoms with Gasteiger partial charge in [-0.1, -0.05) is 11.8 Å². The monoisotopic (exact) mass is 392 g/mol. The number of hydrogen-bond acceptors (Lipinski definition) is 6. The van der Waals surface area contributed by atoms with Gasteiger partial charge in [0.25, 0.3) is 0 Å². The number of allylic oxidation sites excluding steroid dienone is 1. The minimum atomic E-state index is -0.237. The Morgan fingerprint density at radius 1 is 1.35 bits per heavy atom. The van der Waals surface area contributed by atoms with Gasteiger partial charge in [-0.2, -0.15) is 0 Å². The number of benzene rings is 1. The molecule has 7 heteroatoms. The number of amidine groups is 1. The topological polar surface area (TPSA) is 63.2 Å². The molecule has 120 valence electrons. The van der Waals surface area contributed by atoms with Crippen molar-refractivity contribution in [2.24, 2.45) is 15.7 Å². The third-order valence-corrected chi connectivity index (χ3v) is 5.59. The Kier molecular flexibility index (Phi) is 3.85. The fourth-order valence-electron chi connectivity index (χ4n) is 3.25. The molecular weight excluding hydrogens is 376 g/mol. The van der Waals surface area contributed by atoms with E-state index in [1.807, 2.05) is 18.5 Å². The fourth-order valence-corrected chi connectivity index (χ4v) is 4.53. The smallest absolute Gasteiger partial charge is 0.154 e. The highest BCUT2D eigenvalue weighted by atomic mass is 79.9. The average Bonchev–Trinajstić information content (AvgIpc) is 2.55. The number of thioether (sulfide) groups is 1. The Morgan fingerprint density at radius 2 is 2.26 bits per heavy atom. The quantitative estimate of drug-likeness (QED) is 0.796. The van der Waals surface area contributed by atoms with Gasteiger partial charge in [-0.05, 0) is 40.5 Å². The van der Waals surface area contributed by atoms with Crippen LogP contribution in [-0.4, -0.2) is 30.4 Å². The van der Waals surface area contributed by atoms with Gasteiger partial charge in [0, 0.05) is 35.8 Å². The molecule has 5 nitrogen and oxygen atoms in total. The molecule has 4 rings (SSSR count). The van der Waals surface area contributed by atoms with Crippen molar-refractivity contribution in [3.8, 4) is 5.75 Å². The lowest BCUT2D eigenvalue weighted by atomic mass is 9.82. The summed E-state index contributed by atoms with van der Waals surface area (Å²) in [6.07, 6.45) is 5.74. The second-order valence-electron chi connectivity index (χ2n) is 5.80. The van der Waals surface area contributed by atoms with Crippen LogP contribution in [0.4, 0.5) is 5.69 Å². The molecule has 0 aromatic heterocycles. The summed E-state index contributed by atoms with van der Waals surface area (Å²) in [5.74, 6) is 1.92. The molecule has 1 unspecified atom stereocenters. The molecule has 0 radical (unpaired) electrons. The zero-order chi connectivity index (χ0) is 15.9. The molecule has 1 spiro atoms. The predicted octanol–water partition coefficient (Wildman–Crippen LogP) is 3.20. The van der Waals surface area contributed by atoms with Crippen LogP contribution in [0.3, 0.4) is 0 Å². The number of anilines is 1. The predicted molar refractivity (Wildman–Crippen MR) is 99.8 cm³/mol. The Bertz CT molecular complexity index is 733. The molecule has 0 saturated heterocycles. The SMILES string of the molecule is NC1=NC2(CCOc3ccc(N4C=C(Br)C=NC4)cc32)CCS1. The van der Waals surface area contributed by atoms with E-state index in [1.54, 1.807) is 11.8 Å². The fraction of sp³-hybridized carbons (Fsp3) is 0.375. The third kappa shape index (κ3) is 2.76. The largest absolute Gasteiger partial charge is 0.493 e. The molecule has 3 aliphatic rings. The van der Waals surface area contributed by atoms with Crippen LogP contribution < -0.4 is 15.4 Å². The number of nitrogens with zero attached hydrogens (tertiary/aromatic N) is 3. The summed E-state index contributed by atoms with van der Waals surface area (Å²) in [6, 6.07) is 6.29. The van der Waals surface area contributed by atoms with Crippen LogP contribution in [0.25, 0.3) is 0 Å². The second kappa shape index (κ2) is 5.87. The van der Waals surface area contributed by atoms with Gasteiger partial charge >= 0.3 is 0 Å². The molecule has 1 aromatic rings. The summed E-state index contributed by atoms with van der Waals surface area (Å²) in [7, 11) is 0. The Balaban J connectivity index is 1.77. The van der Waals surface area contributed by atoms with Crippen molar-refractivity contribution in [3.63, 3.8) is 0 Å². The highest BCUT2D eigenvalue weighted by Crippen LogP contribution is 2.46. The molecule has 2 N–H and O–H groups in total. The van der Waals surface area contributed by atoms with Gasteiger partial charge in [0.1, 0.15) is 12.4 Å². The van der Waals surface area contributed by atoms with Gasteiger partial charge in [0.2, 0.25) is 0 Å². The van der Waals surface area contributed by atoms with Crippen molar-refractivity contribution < 1.29 is 4.74 Å². The standard InChI is InChI=1S/C16H17BrN4OS/c17-11-8-19-10-21(9-11)12-1-2-14-13(7-12)16(3-5-22-14)4-6-23-15(18)20-16/h1-2,7-9H,3-6,10H2,(H2,18,20). The highest BCUT2D eigenvalue weighted by molar-refractivity contribution is 9.12. The van der Waals surface area contributed by atoms with E-state index in [-0.39, 0.29) is 5.54 Å². The van der Waals surface area contributed by atoms with Crippen LogP contribution in [0.5, 0.6) is 5.75 Å². The molecule has 0 amide bonds. The summed E-state index contributed by atoms with van der Waals surface area (Å²) in [6.45, 7) is 1.30. The Labute approximate surface area is 147 Å². The average molecular weight is 393 g/mol. The minimum Gasteiger partial charge on any atom is -0.493 e. The first-order valence-corrected chi connectivity index (χ1v) is 9.33. The van der Waals surface area contributed by atoms with Gasteiger partial charge in [0.15, 0.2) is 5.17 Å². The molecule has 0 fully saturated rings. The maximum atomic E-state index is 6.02. The number of hydrogen-bond donors (Lipinski definition) is 1. The van der Waals surface area contributed by atoms with Gasteiger partial charge in [-0.25, -0.2) is 0 Å². The Morgan fingerprint density at radius 3 is 3.09 bits per heavy atom. The van der Waals surface area contributed by atoms with E-state index >= 15 is 0 Å². The van der Waals surface area contributed by atoms with Gasteiger partial charge in [-0.3, -0.25) is 9.98 Å². The van der Waals surface area contributed by atoms with E-state index in [4.69, 9.17) is 15.5 Å². The first-order chi connectivity index (χ1) is 11.2. The van der Waals surface area contributed by atoms with Crippen molar-refractivity contribution in [2.45, 2.75) is 18.4 Å². The number of ether oxygens (including phenoxy) is 1. The second-order valence-corrected chi connectivity index (χ2v) is 7.83. The van der Waals surface area contributed by atoms with Gasteiger partial charge in [-0.15, -0.1) is 0 Å². The molecule has 1 aromatic carbocycles. The van der Waals surface area contributed by atoms with Crippen LogP contribution >= 0.6 is 27.7 Å². The highest BCUT2D eigenvalue weighted by Gasteiger charge is 2.40. The molecule has 0 bridgehead atoms. The number of aliphatic imine (C=N–C) groups is 2. The molecule has 3 aliphatic heterocycles. The summed E-state index contributed by atoms with van der Waals surface area (Å²) in [5, 5.41) is 0.680. The number of fused-ring (bicyclic) bond motifs is 2. The van der Waals surface area contributed by atoms with Crippen LogP contribution in [0.2, 0.25) is 0 Å². The summed E-state index contributed by atoms with van der Waals surface area (Å²) < 4.78 is 6.82. The van der Waals surface area contributed by atoms with Crippen LogP contribution in [-0.2, 0) is 5.54 Å². The molecule has 1 atom stereocenters. The summed E-state index contributed by atoms with van der Waals surface area (Å²) in [4.78, 5) is 11.3. The minimum absolute atomic E-state index is 0.237. The molecule has 0 aliphatic carbocycles. The van der Waals surface area contributed by atoms with Crippen molar-refractivity contribution in [1.29, 1.82) is 0 Å². The summed E-state index contributed by atoms with van der Waals surface area (Å²) in [5.41, 5.74) is 8.02. The van der Waals surface area contributed by atoms with E-state index in [0.29, 0.717) is 18.4 Å². The molecule has 3 heterocycles. The van der Waals surface area contributed by atoms with Gasteiger partial charge in [0.05, 0.1) is 16.6 Å². The lowest BCUT2D eigenvalue weighted by molar-refractivity contribution is 0.214. The van der Waals surface area contributed by atoms with E-state index in [2.05, 4.69) is 38.0 Å². The van der Waals surface area contributed by atoms with Crippen molar-refractivity contribution in [2.75, 3.05) is 23.9 Å². The third-order valence-electron chi connectivity index (χ3n) is 4.39. The normalized spacial score (nSPS) is 26.4. The number of nitrogens with two attached hydrogens (primary N) is 1. The van der Waals surface area contributed by atoms with E-state index in [0.717, 1.165) is 40.1 Å². The lowest BCUT2D eigenvalue weighted by Gasteiger charge is -2.38. The maximum Gasteiger partial charge on any atom is 0.154 e. The number of rotatable bonds is 1. The zero-order valence-corrected chi connectivity index (χ0v) is 14.9. The first-order valence-electron chi connectivity index (χ1n) is 7.56. The molecule has 23 heavy (non-hydrogen) atoms. The summed E-state index contributed by atoms with van der Waals surface area (Å²) >= 11 is 5.12. The molecule has 0 saturated carbocycles. The van der Waals surface area contributed by atoms with Crippen LogP contribution in [0.1, 0.15) is 18.4 Å². The van der Waals surface area contributed by atoms with Gasteiger partial charge < -0.3 is 15.4 Å². The molecular formula is C16H17BrN4OS. The Hall–Kier alpha value is -1.47. The first kappa shape index (κ1) is 15.1. The van der Waals surface area contributed by atoms with E-state index < -0.39 is 0 Å². The van der Waals surface area contributed by atoms with Crippen molar-refractivity contribution >= 4 is 44.8 Å². The van der Waals surface area contributed by atoms with Crippen molar-refractivity contribution in [1.82, 2.24) is 0 Å². The van der Waals surface area contributed by atoms with E-state index in [1.165, 1.54) is 0 Å².